The van der Waals surface area contributed by atoms with Gasteiger partial charge in [-0.1, -0.05) is 11.6 Å². The molecule has 0 saturated carbocycles. The third-order valence-electron chi connectivity index (χ3n) is 3.15. The van der Waals surface area contributed by atoms with Gasteiger partial charge in [0.1, 0.15) is 11.2 Å². The highest BCUT2D eigenvalue weighted by atomic mass is 35.5. The lowest BCUT2D eigenvalue weighted by Gasteiger charge is -2.26. The summed E-state index contributed by atoms with van der Waals surface area (Å²) in [5.41, 5.74) is -0.265. The molecule has 1 atom stereocenters. The summed E-state index contributed by atoms with van der Waals surface area (Å²) in [6.45, 7) is 6.76. The number of hydrogen-bond acceptors (Lipinski definition) is 6. The monoisotopic (exact) mass is 313 g/mol. The smallest absolute Gasteiger partial charge is 0.342 e. The van der Waals surface area contributed by atoms with Crippen LogP contribution < -0.4 is 4.90 Å². The molecule has 7 heteroatoms. The molecule has 0 spiro atoms. The van der Waals surface area contributed by atoms with Gasteiger partial charge in [-0.25, -0.2) is 4.79 Å². The van der Waals surface area contributed by atoms with Crippen LogP contribution in [0.25, 0.3) is 0 Å². The first-order chi connectivity index (χ1) is 9.78. The molecule has 2 rings (SSSR count). The zero-order valence-corrected chi connectivity index (χ0v) is 13.5. The van der Waals surface area contributed by atoms with Gasteiger partial charge in [-0.15, -0.1) is 10.2 Å². The largest absolute Gasteiger partial charge is 0.456 e. The summed E-state index contributed by atoms with van der Waals surface area (Å²) in [5, 5.41) is 8.06. The molecular formula is C14H20ClN3O3. The van der Waals surface area contributed by atoms with E-state index in [1.54, 1.807) is 0 Å². The molecule has 21 heavy (non-hydrogen) atoms. The number of halogens is 1. The Balaban J connectivity index is 2.30. The Labute approximate surface area is 129 Å². The van der Waals surface area contributed by atoms with Crippen molar-refractivity contribution in [2.75, 3.05) is 25.2 Å². The van der Waals surface area contributed by atoms with E-state index < -0.39 is 11.6 Å². The fraction of sp³-hybridized carbons (Fsp3) is 0.643. The number of carbonyl (C=O) groups excluding carboxylic acids is 1. The van der Waals surface area contributed by atoms with Crippen molar-refractivity contribution in [3.05, 3.63) is 16.8 Å². The molecule has 1 fully saturated rings. The maximum Gasteiger partial charge on any atom is 0.342 e. The minimum atomic E-state index is -0.584. The van der Waals surface area contributed by atoms with Gasteiger partial charge in [-0.2, -0.15) is 0 Å². The summed E-state index contributed by atoms with van der Waals surface area (Å²) in [5.74, 6) is 0.00390. The predicted molar refractivity (Wildman–Crippen MR) is 79.8 cm³/mol. The quantitative estimate of drug-likeness (QED) is 0.798. The van der Waals surface area contributed by atoms with Crippen molar-refractivity contribution < 1.29 is 14.3 Å². The minimum absolute atomic E-state index is 0.163. The summed E-state index contributed by atoms with van der Waals surface area (Å²) in [7, 11) is 1.87. The fourth-order valence-electron chi connectivity index (χ4n) is 2.11. The summed E-state index contributed by atoms with van der Waals surface area (Å²) < 4.78 is 10.8. The average molecular weight is 314 g/mol. The van der Waals surface area contributed by atoms with Crippen molar-refractivity contribution in [3.63, 3.8) is 0 Å². The van der Waals surface area contributed by atoms with E-state index in [4.69, 9.17) is 21.1 Å². The maximum absolute atomic E-state index is 12.3. The van der Waals surface area contributed by atoms with Crippen molar-refractivity contribution in [2.24, 2.45) is 0 Å². The van der Waals surface area contributed by atoms with E-state index in [1.807, 2.05) is 32.7 Å². The van der Waals surface area contributed by atoms with Crippen LogP contribution in [-0.4, -0.2) is 48.1 Å². The molecular weight excluding hydrogens is 294 g/mol. The standard InChI is InChI=1S/C14H20ClN3O3/c1-14(2,3)21-13(19)10-7-11(15)16-17-12(10)18(4)9-5-6-20-8-9/h7,9H,5-6,8H2,1-4H3. The van der Waals surface area contributed by atoms with Crippen LogP contribution in [0.5, 0.6) is 0 Å². The van der Waals surface area contributed by atoms with E-state index in [0.29, 0.717) is 24.6 Å². The summed E-state index contributed by atoms with van der Waals surface area (Å²) in [6, 6.07) is 1.66. The molecule has 1 unspecified atom stereocenters. The van der Waals surface area contributed by atoms with Gasteiger partial charge < -0.3 is 14.4 Å². The van der Waals surface area contributed by atoms with Gasteiger partial charge in [0.05, 0.1) is 12.6 Å². The highest BCUT2D eigenvalue weighted by Gasteiger charge is 2.28. The molecule has 0 aromatic carbocycles. The Morgan fingerprint density at radius 2 is 2.19 bits per heavy atom. The second-order valence-corrected chi connectivity index (χ2v) is 6.42. The molecule has 116 valence electrons. The third-order valence-corrected chi connectivity index (χ3v) is 3.34. The summed E-state index contributed by atoms with van der Waals surface area (Å²) >= 11 is 5.87. The lowest BCUT2D eigenvalue weighted by atomic mass is 10.1. The Kier molecular flexibility index (Phi) is 4.68. The molecule has 0 radical (unpaired) electrons. The molecule has 1 aliphatic rings. The van der Waals surface area contributed by atoms with Crippen LogP contribution >= 0.6 is 11.6 Å². The van der Waals surface area contributed by atoms with Gasteiger partial charge >= 0.3 is 5.97 Å². The molecule has 1 aromatic rings. The SMILES string of the molecule is CN(c1nnc(Cl)cc1C(=O)OC(C)(C)C)C1CCOC1. The van der Waals surface area contributed by atoms with Crippen LogP contribution in [0, 0.1) is 0 Å². The lowest BCUT2D eigenvalue weighted by Crippen LogP contribution is -2.34. The van der Waals surface area contributed by atoms with Crippen molar-refractivity contribution in [2.45, 2.75) is 38.8 Å². The van der Waals surface area contributed by atoms with Gasteiger partial charge in [0.25, 0.3) is 0 Å². The number of nitrogens with zero attached hydrogens (tertiary/aromatic N) is 3. The number of esters is 1. The van der Waals surface area contributed by atoms with Crippen LogP contribution in [0.15, 0.2) is 6.07 Å². The molecule has 0 bridgehead atoms. The van der Waals surface area contributed by atoms with E-state index in [2.05, 4.69) is 10.2 Å². The number of carbonyl (C=O) groups is 1. The zero-order valence-electron chi connectivity index (χ0n) is 12.7. The predicted octanol–water partition coefficient (Wildman–Crippen LogP) is 2.31. The molecule has 2 heterocycles. The molecule has 1 aromatic heterocycles. The Hall–Kier alpha value is -1.40. The van der Waals surface area contributed by atoms with Crippen molar-refractivity contribution in [1.82, 2.24) is 10.2 Å². The first kappa shape index (κ1) is 16.0. The zero-order chi connectivity index (χ0) is 15.6. The van der Waals surface area contributed by atoms with E-state index >= 15 is 0 Å². The van der Waals surface area contributed by atoms with Crippen LogP contribution in [-0.2, 0) is 9.47 Å². The van der Waals surface area contributed by atoms with Gasteiger partial charge in [-0.05, 0) is 33.3 Å². The Morgan fingerprint density at radius 1 is 1.48 bits per heavy atom. The molecule has 1 saturated heterocycles. The first-order valence-electron chi connectivity index (χ1n) is 6.85. The van der Waals surface area contributed by atoms with Gasteiger partial charge in [-0.3, -0.25) is 0 Å². The second kappa shape index (κ2) is 6.15. The Bertz CT molecular complexity index is 525. The lowest BCUT2D eigenvalue weighted by molar-refractivity contribution is 0.00696. The molecule has 6 nitrogen and oxygen atoms in total. The van der Waals surface area contributed by atoms with Crippen LogP contribution in [0.4, 0.5) is 5.82 Å². The van der Waals surface area contributed by atoms with E-state index in [9.17, 15) is 4.79 Å². The Morgan fingerprint density at radius 3 is 2.76 bits per heavy atom. The second-order valence-electron chi connectivity index (χ2n) is 6.03. The van der Waals surface area contributed by atoms with Crippen molar-refractivity contribution >= 4 is 23.4 Å². The molecule has 0 aliphatic carbocycles. The van der Waals surface area contributed by atoms with Crippen LogP contribution in [0.3, 0.4) is 0 Å². The highest BCUT2D eigenvalue weighted by molar-refractivity contribution is 6.29. The highest BCUT2D eigenvalue weighted by Crippen LogP contribution is 2.25. The van der Waals surface area contributed by atoms with Gasteiger partial charge in [0.2, 0.25) is 0 Å². The average Bonchev–Trinajstić information content (AvgIpc) is 2.89. The maximum atomic E-state index is 12.3. The topological polar surface area (TPSA) is 64.6 Å². The normalized spacial score (nSPS) is 18.6. The van der Waals surface area contributed by atoms with Crippen LogP contribution in [0.2, 0.25) is 5.15 Å². The van der Waals surface area contributed by atoms with Gasteiger partial charge in [0, 0.05) is 13.7 Å². The number of anilines is 1. The third kappa shape index (κ3) is 4.04. The number of ether oxygens (including phenoxy) is 2. The van der Waals surface area contributed by atoms with E-state index in [0.717, 1.165) is 6.42 Å². The number of likely N-dealkylation sites (N-methyl/N-ethyl adjacent to an activating group) is 1. The fourth-order valence-corrected chi connectivity index (χ4v) is 2.25. The summed E-state index contributed by atoms with van der Waals surface area (Å²) in [6.07, 6.45) is 0.883. The van der Waals surface area contributed by atoms with E-state index in [-0.39, 0.29) is 11.2 Å². The van der Waals surface area contributed by atoms with Gasteiger partial charge in [0.15, 0.2) is 11.0 Å². The minimum Gasteiger partial charge on any atom is -0.456 e. The van der Waals surface area contributed by atoms with Crippen LogP contribution in [0.1, 0.15) is 37.6 Å². The number of aromatic nitrogens is 2. The van der Waals surface area contributed by atoms with Crippen molar-refractivity contribution in [3.8, 4) is 0 Å². The molecule has 1 aliphatic heterocycles. The van der Waals surface area contributed by atoms with E-state index in [1.165, 1.54) is 6.07 Å². The first-order valence-corrected chi connectivity index (χ1v) is 7.23. The number of hydrogen-bond donors (Lipinski definition) is 0. The summed E-state index contributed by atoms with van der Waals surface area (Å²) in [4.78, 5) is 14.2. The van der Waals surface area contributed by atoms with Crippen molar-refractivity contribution in [1.29, 1.82) is 0 Å². The molecule has 0 amide bonds. The number of rotatable bonds is 3. The molecule has 0 N–H and O–H groups in total.